The number of rotatable bonds is 4. The fourth-order valence-corrected chi connectivity index (χ4v) is 2.17. The lowest BCUT2D eigenvalue weighted by molar-refractivity contribution is 0.467. The summed E-state index contributed by atoms with van der Waals surface area (Å²) in [5.74, 6) is 7.00. The Hall–Kier alpha value is -2.14. The van der Waals surface area contributed by atoms with Gasteiger partial charge in [-0.05, 0) is 43.5 Å². The van der Waals surface area contributed by atoms with E-state index < -0.39 is 0 Å². The highest BCUT2D eigenvalue weighted by atomic mass is 16.3. The van der Waals surface area contributed by atoms with E-state index in [0.29, 0.717) is 17.4 Å². The molecule has 1 heterocycles. The third kappa shape index (κ3) is 2.88. The van der Waals surface area contributed by atoms with Gasteiger partial charge in [-0.1, -0.05) is 13.3 Å². The lowest BCUT2D eigenvalue weighted by Crippen LogP contribution is -2.10. The average molecular weight is 272 g/mol. The molecule has 5 nitrogen and oxygen atoms in total. The summed E-state index contributed by atoms with van der Waals surface area (Å²) >= 11 is 0. The van der Waals surface area contributed by atoms with Gasteiger partial charge >= 0.3 is 0 Å². The van der Waals surface area contributed by atoms with Gasteiger partial charge < -0.3 is 10.5 Å². The lowest BCUT2D eigenvalue weighted by Gasteiger charge is -2.10. The molecule has 1 aromatic carbocycles. The first-order valence-electron chi connectivity index (χ1n) is 6.70. The summed E-state index contributed by atoms with van der Waals surface area (Å²) in [5, 5.41) is 9.84. The predicted octanol–water partition coefficient (Wildman–Crippen LogP) is 2.70. The highest BCUT2D eigenvalue weighted by Gasteiger charge is 2.10. The van der Waals surface area contributed by atoms with Crippen LogP contribution in [0.3, 0.4) is 0 Å². The first-order valence-corrected chi connectivity index (χ1v) is 6.70. The van der Waals surface area contributed by atoms with Crippen molar-refractivity contribution in [1.29, 1.82) is 0 Å². The second-order valence-electron chi connectivity index (χ2n) is 4.92. The number of phenolic OH excluding ortho intramolecular Hbond substituents is 1. The number of hydrogen-bond donors (Lipinski definition) is 3. The minimum absolute atomic E-state index is 0.315. The maximum Gasteiger partial charge on any atom is 0.161 e. The van der Waals surface area contributed by atoms with Crippen molar-refractivity contribution in [1.82, 2.24) is 9.97 Å². The van der Waals surface area contributed by atoms with E-state index in [9.17, 15) is 5.11 Å². The number of aryl methyl sites for hydroxylation is 3. The molecule has 0 unspecified atom stereocenters. The maximum atomic E-state index is 9.84. The first kappa shape index (κ1) is 14.3. The molecule has 2 rings (SSSR count). The number of nitrogens with zero attached hydrogens (tertiary/aromatic N) is 2. The van der Waals surface area contributed by atoms with Crippen LogP contribution in [0.4, 0.5) is 5.82 Å². The number of hydrogen-bond acceptors (Lipinski definition) is 5. The van der Waals surface area contributed by atoms with Crippen molar-refractivity contribution in [2.75, 3.05) is 5.43 Å². The molecule has 2 aromatic rings. The molecule has 0 aliphatic rings. The van der Waals surface area contributed by atoms with Crippen LogP contribution in [0.1, 0.15) is 30.2 Å². The standard InChI is InChI=1S/C15H20N4O/c1-4-5-12-8-13(19-16)18-15(17-12)11-6-9(2)14(20)10(3)7-11/h6-8,20H,4-5,16H2,1-3H3,(H,17,18,19). The van der Waals surface area contributed by atoms with Crippen molar-refractivity contribution in [3.05, 3.63) is 35.0 Å². The van der Waals surface area contributed by atoms with E-state index in [4.69, 9.17) is 5.84 Å². The molecule has 0 bridgehead atoms. The minimum Gasteiger partial charge on any atom is -0.507 e. The molecule has 1 aromatic heterocycles. The van der Waals surface area contributed by atoms with Crippen molar-refractivity contribution < 1.29 is 5.11 Å². The summed E-state index contributed by atoms with van der Waals surface area (Å²) in [4.78, 5) is 8.95. The van der Waals surface area contributed by atoms with Gasteiger partial charge in [0.25, 0.3) is 0 Å². The van der Waals surface area contributed by atoms with Crippen molar-refractivity contribution in [3.8, 4) is 17.1 Å². The Bertz CT molecular complexity index is 602. The Labute approximate surface area is 118 Å². The molecule has 0 amide bonds. The number of hydrazine groups is 1. The van der Waals surface area contributed by atoms with E-state index in [1.165, 1.54) is 0 Å². The van der Waals surface area contributed by atoms with E-state index in [1.54, 1.807) is 0 Å². The van der Waals surface area contributed by atoms with E-state index >= 15 is 0 Å². The smallest absolute Gasteiger partial charge is 0.161 e. The second-order valence-corrected chi connectivity index (χ2v) is 4.92. The zero-order chi connectivity index (χ0) is 14.7. The van der Waals surface area contributed by atoms with Gasteiger partial charge in [0.2, 0.25) is 0 Å². The quantitative estimate of drug-likeness (QED) is 0.588. The van der Waals surface area contributed by atoms with Crippen LogP contribution >= 0.6 is 0 Å². The predicted molar refractivity (Wildman–Crippen MR) is 80.4 cm³/mol. The Morgan fingerprint density at radius 2 is 1.80 bits per heavy atom. The number of nitrogen functional groups attached to an aromatic ring is 1. The monoisotopic (exact) mass is 272 g/mol. The Morgan fingerprint density at radius 3 is 2.35 bits per heavy atom. The Kier molecular flexibility index (Phi) is 4.20. The topological polar surface area (TPSA) is 84.1 Å². The molecule has 0 saturated carbocycles. The molecule has 0 aliphatic heterocycles. The summed E-state index contributed by atoms with van der Waals surface area (Å²) in [6.45, 7) is 5.83. The van der Waals surface area contributed by atoms with Crippen LogP contribution in [0.25, 0.3) is 11.4 Å². The highest BCUT2D eigenvalue weighted by molar-refractivity contribution is 5.62. The number of nitrogens with one attached hydrogen (secondary N) is 1. The molecule has 4 N–H and O–H groups in total. The van der Waals surface area contributed by atoms with Crippen molar-refractivity contribution in [2.45, 2.75) is 33.6 Å². The minimum atomic E-state index is 0.315. The normalized spacial score (nSPS) is 10.6. The fourth-order valence-electron chi connectivity index (χ4n) is 2.17. The number of anilines is 1. The largest absolute Gasteiger partial charge is 0.507 e. The molecule has 5 heteroatoms. The summed E-state index contributed by atoms with van der Waals surface area (Å²) < 4.78 is 0. The lowest BCUT2D eigenvalue weighted by atomic mass is 10.1. The van der Waals surface area contributed by atoms with Gasteiger partial charge in [-0.25, -0.2) is 15.8 Å². The number of nitrogens with two attached hydrogens (primary N) is 1. The van der Waals surface area contributed by atoms with Crippen LogP contribution in [0.2, 0.25) is 0 Å². The van der Waals surface area contributed by atoms with Crippen molar-refractivity contribution >= 4 is 5.82 Å². The summed E-state index contributed by atoms with van der Waals surface area (Å²) in [6.07, 6.45) is 1.88. The SMILES string of the molecule is CCCc1cc(NN)nc(-c2cc(C)c(O)c(C)c2)n1. The van der Waals surface area contributed by atoms with Gasteiger partial charge in [0.1, 0.15) is 11.6 Å². The van der Waals surface area contributed by atoms with Crippen LogP contribution in [0, 0.1) is 13.8 Å². The van der Waals surface area contributed by atoms with Gasteiger partial charge in [-0.3, -0.25) is 0 Å². The number of aromatic hydroxyl groups is 1. The van der Waals surface area contributed by atoms with Crippen LogP contribution < -0.4 is 11.3 Å². The van der Waals surface area contributed by atoms with E-state index in [1.807, 2.05) is 32.0 Å². The molecule has 0 atom stereocenters. The molecule has 0 saturated heterocycles. The molecular weight excluding hydrogens is 252 g/mol. The molecule has 20 heavy (non-hydrogen) atoms. The molecular formula is C15H20N4O. The number of benzene rings is 1. The van der Waals surface area contributed by atoms with Gasteiger partial charge in [-0.2, -0.15) is 0 Å². The highest BCUT2D eigenvalue weighted by Crippen LogP contribution is 2.28. The second kappa shape index (κ2) is 5.88. The Morgan fingerprint density at radius 1 is 1.15 bits per heavy atom. The van der Waals surface area contributed by atoms with Crippen molar-refractivity contribution in [3.63, 3.8) is 0 Å². The van der Waals surface area contributed by atoms with Crippen LogP contribution in [-0.4, -0.2) is 15.1 Å². The van der Waals surface area contributed by atoms with Gasteiger partial charge in [0.05, 0.1) is 0 Å². The molecule has 0 radical (unpaired) electrons. The van der Waals surface area contributed by atoms with Crippen molar-refractivity contribution in [2.24, 2.45) is 5.84 Å². The van der Waals surface area contributed by atoms with Crippen LogP contribution in [0.15, 0.2) is 18.2 Å². The van der Waals surface area contributed by atoms with Crippen LogP contribution in [0.5, 0.6) is 5.75 Å². The van der Waals surface area contributed by atoms with Gasteiger partial charge in [0, 0.05) is 17.3 Å². The van der Waals surface area contributed by atoms with Gasteiger partial charge in [0.15, 0.2) is 5.82 Å². The Balaban J connectivity index is 2.53. The van der Waals surface area contributed by atoms with Gasteiger partial charge in [-0.15, -0.1) is 0 Å². The number of aromatic nitrogens is 2. The molecule has 106 valence electrons. The van der Waals surface area contributed by atoms with Crippen LogP contribution in [-0.2, 0) is 6.42 Å². The van der Waals surface area contributed by atoms with E-state index in [0.717, 1.165) is 35.2 Å². The van der Waals surface area contributed by atoms with E-state index in [2.05, 4.69) is 22.3 Å². The molecule has 0 spiro atoms. The zero-order valence-corrected chi connectivity index (χ0v) is 12.1. The third-order valence-corrected chi connectivity index (χ3v) is 3.18. The molecule has 0 fully saturated rings. The zero-order valence-electron chi connectivity index (χ0n) is 12.1. The summed E-state index contributed by atoms with van der Waals surface area (Å²) in [5.41, 5.74) is 6.03. The average Bonchev–Trinajstić information content (AvgIpc) is 2.44. The molecule has 0 aliphatic carbocycles. The fraction of sp³-hybridized carbons (Fsp3) is 0.333. The van der Waals surface area contributed by atoms with E-state index in [-0.39, 0.29) is 0 Å². The number of phenols is 1. The summed E-state index contributed by atoms with van der Waals surface area (Å²) in [6, 6.07) is 5.62. The maximum absolute atomic E-state index is 9.84. The first-order chi connectivity index (χ1) is 9.55. The summed E-state index contributed by atoms with van der Waals surface area (Å²) in [7, 11) is 0. The third-order valence-electron chi connectivity index (χ3n) is 3.18.